The minimum Gasteiger partial charge on any atom is -0.390 e. The molecule has 1 heteroatoms. The first kappa shape index (κ1) is 18.0. The molecule has 0 rings (SSSR count). The molecule has 0 heterocycles. The summed E-state index contributed by atoms with van der Waals surface area (Å²) in [6.07, 6.45) is 1.04. The van der Waals surface area contributed by atoms with Crippen molar-refractivity contribution in [2.45, 2.75) is 74.3 Å². The SMILES string of the molecule is CCC(C)C(C)(O)C(C)C(C)C(C)C(C)C(C)C. The Balaban J connectivity index is 4.82. The van der Waals surface area contributed by atoms with Crippen LogP contribution in [0, 0.1) is 35.5 Å². The van der Waals surface area contributed by atoms with Crippen molar-refractivity contribution in [3.05, 3.63) is 0 Å². The van der Waals surface area contributed by atoms with Gasteiger partial charge in [0.2, 0.25) is 0 Å². The molecule has 0 aliphatic carbocycles. The van der Waals surface area contributed by atoms with Gasteiger partial charge in [-0.05, 0) is 42.4 Å². The normalized spacial score (nSPS) is 24.2. The molecule has 1 nitrogen and oxygen atoms in total. The van der Waals surface area contributed by atoms with E-state index in [9.17, 15) is 5.11 Å². The van der Waals surface area contributed by atoms with E-state index in [0.717, 1.165) is 6.42 Å². The lowest BCUT2D eigenvalue weighted by molar-refractivity contribution is -0.0729. The van der Waals surface area contributed by atoms with Gasteiger partial charge in [-0.15, -0.1) is 0 Å². The smallest absolute Gasteiger partial charge is 0.0673 e. The fourth-order valence-corrected chi connectivity index (χ4v) is 2.94. The van der Waals surface area contributed by atoms with Crippen LogP contribution in [0.5, 0.6) is 0 Å². The van der Waals surface area contributed by atoms with Crippen molar-refractivity contribution in [1.82, 2.24) is 0 Å². The maximum atomic E-state index is 10.8. The van der Waals surface area contributed by atoms with E-state index in [1.165, 1.54) is 0 Å². The van der Waals surface area contributed by atoms with Crippen molar-refractivity contribution in [2.75, 3.05) is 0 Å². The zero-order valence-corrected chi connectivity index (χ0v) is 14.1. The molecule has 0 bridgehead atoms. The first-order chi connectivity index (χ1) is 8.07. The number of aliphatic hydroxyl groups is 1. The van der Waals surface area contributed by atoms with Gasteiger partial charge < -0.3 is 5.11 Å². The van der Waals surface area contributed by atoms with Crippen LogP contribution in [0.2, 0.25) is 0 Å². The minimum absolute atomic E-state index is 0.337. The van der Waals surface area contributed by atoms with E-state index >= 15 is 0 Å². The van der Waals surface area contributed by atoms with E-state index in [1.54, 1.807) is 0 Å². The van der Waals surface area contributed by atoms with Crippen LogP contribution in [-0.4, -0.2) is 10.7 Å². The lowest BCUT2D eigenvalue weighted by atomic mass is 9.66. The maximum absolute atomic E-state index is 10.8. The molecule has 6 atom stereocenters. The van der Waals surface area contributed by atoms with Gasteiger partial charge in [0.1, 0.15) is 0 Å². The predicted octanol–water partition coefficient (Wildman–Crippen LogP) is 4.98. The Kier molecular flexibility index (Phi) is 6.92. The molecular weight excluding hydrogens is 220 g/mol. The van der Waals surface area contributed by atoms with Gasteiger partial charge in [0.05, 0.1) is 5.60 Å². The largest absolute Gasteiger partial charge is 0.390 e. The quantitative estimate of drug-likeness (QED) is 0.681. The first-order valence-electron chi connectivity index (χ1n) is 7.79. The molecule has 18 heavy (non-hydrogen) atoms. The molecule has 110 valence electrons. The summed E-state index contributed by atoms with van der Waals surface area (Å²) in [5, 5.41) is 10.8. The summed E-state index contributed by atoms with van der Waals surface area (Å²) in [6.45, 7) is 20.2. The molecule has 0 spiro atoms. The summed E-state index contributed by atoms with van der Waals surface area (Å²) in [5.74, 6) is 3.31. The van der Waals surface area contributed by atoms with Crippen LogP contribution in [-0.2, 0) is 0 Å². The third-order valence-electron chi connectivity index (χ3n) is 6.03. The third kappa shape index (κ3) is 3.98. The summed E-state index contributed by atoms with van der Waals surface area (Å²) in [7, 11) is 0. The summed E-state index contributed by atoms with van der Waals surface area (Å²) in [5.41, 5.74) is -0.556. The van der Waals surface area contributed by atoms with E-state index in [2.05, 4.69) is 55.4 Å². The third-order valence-corrected chi connectivity index (χ3v) is 6.03. The van der Waals surface area contributed by atoms with Crippen molar-refractivity contribution in [3.63, 3.8) is 0 Å². The minimum atomic E-state index is -0.556. The van der Waals surface area contributed by atoms with Crippen LogP contribution in [0.4, 0.5) is 0 Å². The van der Waals surface area contributed by atoms with Crippen molar-refractivity contribution < 1.29 is 5.11 Å². The average Bonchev–Trinajstić information content (AvgIpc) is 2.33. The monoisotopic (exact) mass is 256 g/mol. The van der Waals surface area contributed by atoms with Crippen LogP contribution in [0.3, 0.4) is 0 Å². The molecular formula is C17H36O. The van der Waals surface area contributed by atoms with Gasteiger partial charge in [-0.2, -0.15) is 0 Å². The number of hydrogen-bond acceptors (Lipinski definition) is 1. The van der Waals surface area contributed by atoms with Gasteiger partial charge in [-0.3, -0.25) is 0 Å². The van der Waals surface area contributed by atoms with Crippen molar-refractivity contribution in [2.24, 2.45) is 35.5 Å². The molecule has 0 aromatic heterocycles. The molecule has 0 radical (unpaired) electrons. The van der Waals surface area contributed by atoms with Crippen LogP contribution in [0.25, 0.3) is 0 Å². The molecule has 0 aliphatic rings. The Labute approximate surface area is 115 Å². The van der Waals surface area contributed by atoms with E-state index < -0.39 is 5.60 Å². The highest BCUT2D eigenvalue weighted by Gasteiger charge is 2.39. The molecule has 0 amide bonds. The molecule has 0 aromatic carbocycles. The molecule has 0 aromatic rings. The summed E-state index contributed by atoms with van der Waals surface area (Å²) >= 11 is 0. The Morgan fingerprint density at radius 1 is 0.833 bits per heavy atom. The molecule has 0 saturated heterocycles. The Morgan fingerprint density at radius 3 is 1.61 bits per heavy atom. The van der Waals surface area contributed by atoms with E-state index in [0.29, 0.717) is 35.5 Å². The lowest BCUT2D eigenvalue weighted by Crippen LogP contribution is -2.44. The predicted molar refractivity (Wildman–Crippen MR) is 81.6 cm³/mol. The number of rotatable bonds is 7. The molecule has 0 fully saturated rings. The fourth-order valence-electron chi connectivity index (χ4n) is 2.94. The van der Waals surface area contributed by atoms with Gasteiger partial charge in [-0.25, -0.2) is 0 Å². The highest BCUT2D eigenvalue weighted by molar-refractivity contribution is 4.89. The summed E-state index contributed by atoms with van der Waals surface area (Å²) in [6, 6.07) is 0. The summed E-state index contributed by atoms with van der Waals surface area (Å²) in [4.78, 5) is 0. The standard InChI is InChI=1S/C17H36O/c1-10-12(4)17(9,18)16(8)15(7)14(6)13(5)11(2)3/h11-16,18H,10H2,1-9H3. The number of hydrogen-bond donors (Lipinski definition) is 1. The van der Waals surface area contributed by atoms with Gasteiger partial charge >= 0.3 is 0 Å². The zero-order valence-electron chi connectivity index (χ0n) is 14.1. The van der Waals surface area contributed by atoms with Crippen LogP contribution in [0.1, 0.15) is 68.7 Å². The second-order valence-electron chi connectivity index (χ2n) is 7.15. The van der Waals surface area contributed by atoms with Crippen molar-refractivity contribution >= 4 is 0 Å². The zero-order chi connectivity index (χ0) is 14.7. The maximum Gasteiger partial charge on any atom is 0.0673 e. The van der Waals surface area contributed by atoms with Crippen LogP contribution < -0.4 is 0 Å². The van der Waals surface area contributed by atoms with Gasteiger partial charge in [-0.1, -0.05) is 61.8 Å². The van der Waals surface area contributed by atoms with Crippen molar-refractivity contribution in [3.8, 4) is 0 Å². The van der Waals surface area contributed by atoms with Crippen molar-refractivity contribution in [1.29, 1.82) is 0 Å². The highest BCUT2D eigenvalue weighted by Crippen LogP contribution is 2.39. The topological polar surface area (TPSA) is 20.2 Å². The first-order valence-corrected chi connectivity index (χ1v) is 7.79. The molecule has 0 saturated carbocycles. The molecule has 6 unspecified atom stereocenters. The highest BCUT2D eigenvalue weighted by atomic mass is 16.3. The Bertz CT molecular complexity index is 232. The van der Waals surface area contributed by atoms with E-state index in [-0.39, 0.29) is 0 Å². The second kappa shape index (κ2) is 6.93. The van der Waals surface area contributed by atoms with Crippen LogP contribution in [0.15, 0.2) is 0 Å². The Morgan fingerprint density at radius 2 is 1.28 bits per heavy atom. The average molecular weight is 256 g/mol. The van der Waals surface area contributed by atoms with Gasteiger partial charge in [0.25, 0.3) is 0 Å². The molecule has 1 N–H and O–H groups in total. The molecule has 0 aliphatic heterocycles. The van der Waals surface area contributed by atoms with Gasteiger partial charge in [0, 0.05) is 0 Å². The Hall–Kier alpha value is -0.0400. The van der Waals surface area contributed by atoms with E-state index in [1.807, 2.05) is 6.92 Å². The van der Waals surface area contributed by atoms with Gasteiger partial charge in [0.15, 0.2) is 0 Å². The second-order valence-corrected chi connectivity index (χ2v) is 7.15. The lowest BCUT2D eigenvalue weighted by Gasteiger charge is -2.42. The summed E-state index contributed by atoms with van der Waals surface area (Å²) < 4.78 is 0. The fraction of sp³-hybridized carbons (Fsp3) is 1.00. The van der Waals surface area contributed by atoms with E-state index in [4.69, 9.17) is 0 Å². The van der Waals surface area contributed by atoms with Crippen LogP contribution >= 0.6 is 0 Å².